The van der Waals surface area contributed by atoms with Crippen LogP contribution in [0.3, 0.4) is 0 Å². The Morgan fingerprint density at radius 1 is 1.69 bits per heavy atom. The largest absolute Gasteiger partial charge is 0.391 e. The van der Waals surface area contributed by atoms with E-state index in [1.54, 1.807) is 0 Å². The van der Waals surface area contributed by atoms with Crippen molar-refractivity contribution in [1.29, 1.82) is 0 Å². The Balaban J connectivity index is 2.26. The molecule has 86 valence electrons. The van der Waals surface area contributed by atoms with Crippen LogP contribution in [0.4, 0.5) is 11.5 Å². The van der Waals surface area contributed by atoms with E-state index >= 15 is 0 Å². The summed E-state index contributed by atoms with van der Waals surface area (Å²) in [4.78, 5) is 16.0. The first-order valence-electron chi connectivity index (χ1n) is 4.81. The molecule has 1 aromatic heterocycles. The molecule has 7 heteroatoms. The van der Waals surface area contributed by atoms with Gasteiger partial charge in [-0.05, 0) is 22.4 Å². The molecule has 1 aromatic rings. The third kappa shape index (κ3) is 2.14. The second-order valence-electron chi connectivity index (χ2n) is 3.64. The molecular formula is C9H10BrN3O3. The lowest BCUT2D eigenvalue weighted by molar-refractivity contribution is -0.385. The molecule has 1 atom stereocenters. The Hall–Kier alpha value is -1.21. The lowest BCUT2D eigenvalue weighted by atomic mass is 10.3. The van der Waals surface area contributed by atoms with Crippen molar-refractivity contribution >= 4 is 27.4 Å². The molecule has 0 saturated carbocycles. The van der Waals surface area contributed by atoms with Crippen molar-refractivity contribution in [3.8, 4) is 0 Å². The summed E-state index contributed by atoms with van der Waals surface area (Å²) in [5.74, 6) is 0.641. The second kappa shape index (κ2) is 4.34. The molecule has 0 amide bonds. The standard InChI is InChI=1S/C9H10BrN3O3/c10-8-3-6(13(15)16)4-11-9(8)12-2-1-7(14)5-12/h3-4,7,14H,1-2,5H2. The Bertz CT molecular complexity index is 426. The average Bonchev–Trinajstić information content (AvgIpc) is 2.64. The summed E-state index contributed by atoms with van der Waals surface area (Å²) in [6, 6.07) is 1.42. The SMILES string of the molecule is O=[N+]([O-])c1cnc(N2CCC(O)C2)c(Br)c1. The minimum absolute atomic E-state index is 0.0460. The molecule has 2 heterocycles. The van der Waals surface area contributed by atoms with Crippen LogP contribution in [-0.2, 0) is 0 Å². The number of nitrogens with zero attached hydrogens (tertiary/aromatic N) is 3. The third-order valence-corrected chi connectivity index (χ3v) is 3.06. The zero-order chi connectivity index (χ0) is 11.7. The van der Waals surface area contributed by atoms with Gasteiger partial charge in [0.25, 0.3) is 5.69 Å². The van der Waals surface area contributed by atoms with Gasteiger partial charge in [-0.3, -0.25) is 10.1 Å². The maximum absolute atomic E-state index is 10.5. The zero-order valence-electron chi connectivity index (χ0n) is 8.34. The van der Waals surface area contributed by atoms with Crippen LogP contribution in [0.15, 0.2) is 16.7 Å². The highest BCUT2D eigenvalue weighted by atomic mass is 79.9. The average molecular weight is 288 g/mol. The van der Waals surface area contributed by atoms with Crippen molar-refractivity contribution in [3.63, 3.8) is 0 Å². The number of rotatable bonds is 2. The minimum Gasteiger partial charge on any atom is -0.391 e. The van der Waals surface area contributed by atoms with Crippen LogP contribution in [0.2, 0.25) is 0 Å². The van der Waals surface area contributed by atoms with Crippen molar-refractivity contribution in [2.45, 2.75) is 12.5 Å². The van der Waals surface area contributed by atoms with Crippen molar-refractivity contribution in [3.05, 3.63) is 26.9 Å². The van der Waals surface area contributed by atoms with E-state index in [4.69, 9.17) is 0 Å². The number of aliphatic hydroxyl groups excluding tert-OH is 1. The first-order chi connectivity index (χ1) is 7.58. The van der Waals surface area contributed by atoms with Crippen molar-refractivity contribution in [2.75, 3.05) is 18.0 Å². The molecule has 1 unspecified atom stereocenters. The van der Waals surface area contributed by atoms with Gasteiger partial charge in [-0.25, -0.2) is 4.98 Å². The summed E-state index contributed by atoms with van der Waals surface area (Å²) in [5, 5.41) is 19.9. The summed E-state index contributed by atoms with van der Waals surface area (Å²) in [5.41, 5.74) is -0.0460. The molecule has 0 spiro atoms. The fraction of sp³-hybridized carbons (Fsp3) is 0.444. The zero-order valence-corrected chi connectivity index (χ0v) is 9.92. The van der Waals surface area contributed by atoms with Crippen LogP contribution in [0.1, 0.15) is 6.42 Å². The van der Waals surface area contributed by atoms with Crippen LogP contribution < -0.4 is 4.90 Å². The first kappa shape index (κ1) is 11.3. The molecule has 6 nitrogen and oxygen atoms in total. The summed E-state index contributed by atoms with van der Waals surface area (Å²) in [6.45, 7) is 1.23. The molecule has 1 saturated heterocycles. The highest BCUT2D eigenvalue weighted by molar-refractivity contribution is 9.10. The molecule has 1 aliphatic rings. The predicted octanol–water partition coefficient (Wildman–Crippen LogP) is 1.32. The number of halogens is 1. The number of aromatic nitrogens is 1. The second-order valence-corrected chi connectivity index (χ2v) is 4.50. The number of aliphatic hydroxyl groups is 1. The van der Waals surface area contributed by atoms with Gasteiger partial charge < -0.3 is 10.0 Å². The molecule has 1 fully saturated rings. The van der Waals surface area contributed by atoms with Crippen LogP contribution in [0.5, 0.6) is 0 Å². The van der Waals surface area contributed by atoms with Crippen LogP contribution in [0.25, 0.3) is 0 Å². The summed E-state index contributed by atoms with van der Waals surface area (Å²) in [6.07, 6.45) is 1.58. The van der Waals surface area contributed by atoms with Gasteiger partial charge >= 0.3 is 0 Å². The molecule has 16 heavy (non-hydrogen) atoms. The molecule has 0 bridgehead atoms. The number of pyridine rings is 1. The number of anilines is 1. The maximum atomic E-state index is 10.5. The van der Waals surface area contributed by atoms with E-state index < -0.39 is 4.92 Å². The molecule has 1 N–H and O–H groups in total. The van der Waals surface area contributed by atoms with Crippen molar-refractivity contribution in [2.24, 2.45) is 0 Å². The normalized spacial score (nSPS) is 20.1. The fourth-order valence-electron chi connectivity index (χ4n) is 1.69. The lowest BCUT2D eigenvalue weighted by Gasteiger charge is -2.17. The molecule has 0 aliphatic carbocycles. The van der Waals surface area contributed by atoms with E-state index in [0.717, 1.165) is 0 Å². The molecule has 0 radical (unpaired) electrons. The highest BCUT2D eigenvalue weighted by Gasteiger charge is 2.24. The number of β-amino-alcohol motifs (C(OH)–C–C–N with tert-alkyl or cyclic N) is 1. The molecule has 2 rings (SSSR count). The van der Waals surface area contributed by atoms with E-state index in [1.807, 2.05) is 4.90 Å². The van der Waals surface area contributed by atoms with E-state index in [1.165, 1.54) is 12.3 Å². The molecule has 1 aliphatic heterocycles. The fourth-order valence-corrected chi connectivity index (χ4v) is 2.28. The summed E-state index contributed by atoms with van der Waals surface area (Å²) >= 11 is 3.26. The van der Waals surface area contributed by atoms with Gasteiger partial charge in [0, 0.05) is 19.2 Å². The summed E-state index contributed by atoms with van der Waals surface area (Å²) < 4.78 is 0.579. The van der Waals surface area contributed by atoms with Gasteiger partial charge in [0.05, 0.1) is 15.5 Å². The van der Waals surface area contributed by atoms with Gasteiger partial charge in [0.2, 0.25) is 0 Å². The first-order valence-corrected chi connectivity index (χ1v) is 5.60. The Morgan fingerprint density at radius 2 is 2.44 bits per heavy atom. The Labute approximate surface area is 100 Å². The lowest BCUT2D eigenvalue weighted by Crippen LogP contribution is -2.22. The maximum Gasteiger partial charge on any atom is 0.288 e. The van der Waals surface area contributed by atoms with Gasteiger partial charge in [0.15, 0.2) is 0 Å². The monoisotopic (exact) mass is 287 g/mol. The quantitative estimate of drug-likeness (QED) is 0.656. The number of nitro groups is 1. The molecular weight excluding hydrogens is 278 g/mol. The van der Waals surface area contributed by atoms with Crippen molar-refractivity contribution in [1.82, 2.24) is 4.98 Å². The van der Waals surface area contributed by atoms with Gasteiger partial charge in [-0.1, -0.05) is 0 Å². The minimum atomic E-state index is -0.486. The third-order valence-electron chi connectivity index (χ3n) is 2.48. The van der Waals surface area contributed by atoms with E-state index in [-0.39, 0.29) is 11.8 Å². The van der Waals surface area contributed by atoms with Gasteiger partial charge in [0.1, 0.15) is 12.0 Å². The van der Waals surface area contributed by atoms with Crippen molar-refractivity contribution < 1.29 is 10.0 Å². The smallest absolute Gasteiger partial charge is 0.288 e. The topological polar surface area (TPSA) is 79.5 Å². The summed E-state index contributed by atoms with van der Waals surface area (Å²) in [7, 11) is 0. The molecule has 0 aromatic carbocycles. The van der Waals surface area contributed by atoms with E-state index in [2.05, 4.69) is 20.9 Å². The van der Waals surface area contributed by atoms with Crippen LogP contribution in [-0.4, -0.2) is 34.2 Å². The van der Waals surface area contributed by atoms with Gasteiger partial charge in [-0.2, -0.15) is 0 Å². The van der Waals surface area contributed by atoms with Gasteiger partial charge in [-0.15, -0.1) is 0 Å². The van der Waals surface area contributed by atoms with E-state index in [0.29, 0.717) is 29.8 Å². The van der Waals surface area contributed by atoms with Crippen LogP contribution >= 0.6 is 15.9 Å². The Kier molecular flexibility index (Phi) is 3.06. The predicted molar refractivity (Wildman–Crippen MR) is 61.4 cm³/mol. The highest BCUT2D eigenvalue weighted by Crippen LogP contribution is 2.29. The number of hydrogen-bond acceptors (Lipinski definition) is 5. The van der Waals surface area contributed by atoms with E-state index in [9.17, 15) is 15.2 Å². The van der Waals surface area contributed by atoms with Crippen LogP contribution in [0, 0.1) is 10.1 Å². The number of hydrogen-bond donors (Lipinski definition) is 1. The Morgan fingerprint density at radius 3 is 2.94 bits per heavy atom.